The first kappa shape index (κ1) is 13.8. The Hall–Kier alpha value is -1.62. The first-order valence-electron chi connectivity index (χ1n) is 6.01. The molecule has 0 bridgehead atoms. The van der Waals surface area contributed by atoms with Crippen molar-refractivity contribution in [2.24, 2.45) is 5.92 Å². The Labute approximate surface area is 120 Å². The summed E-state index contributed by atoms with van der Waals surface area (Å²) in [7, 11) is 0. The predicted molar refractivity (Wildman–Crippen MR) is 77.0 cm³/mol. The van der Waals surface area contributed by atoms with E-state index in [0.29, 0.717) is 12.2 Å². The van der Waals surface area contributed by atoms with Gasteiger partial charge in [-0.05, 0) is 19.1 Å². The minimum Gasteiger partial charge on any atom is -0.481 e. The third-order valence-electron chi connectivity index (χ3n) is 2.97. The van der Waals surface area contributed by atoms with Crippen molar-refractivity contribution >= 4 is 21.9 Å². The van der Waals surface area contributed by atoms with Gasteiger partial charge in [-0.15, -0.1) is 0 Å². The van der Waals surface area contributed by atoms with Crippen LogP contribution in [0.2, 0.25) is 0 Å². The number of H-pyrrole nitrogens is 1. The lowest BCUT2D eigenvalue weighted by Gasteiger charge is -2.02. The number of aromatic nitrogens is 2. The van der Waals surface area contributed by atoms with Gasteiger partial charge >= 0.3 is 5.97 Å². The Balaban J connectivity index is 2.26. The van der Waals surface area contributed by atoms with Gasteiger partial charge in [-0.1, -0.05) is 35.0 Å². The van der Waals surface area contributed by atoms with Crippen molar-refractivity contribution in [3.8, 4) is 11.3 Å². The number of aliphatic carboxylic acids is 1. The molecule has 0 aliphatic carbocycles. The number of hydrogen-bond acceptors (Lipinski definition) is 2. The minimum atomic E-state index is -0.806. The molecule has 1 aromatic carbocycles. The van der Waals surface area contributed by atoms with Crippen molar-refractivity contribution in [1.82, 2.24) is 9.97 Å². The topological polar surface area (TPSA) is 66.0 Å². The normalized spacial score (nSPS) is 12.4. The molecular formula is C14H15BrN2O2. The fourth-order valence-electron chi connectivity index (χ4n) is 1.89. The molecule has 19 heavy (non-hydrogen) atoms. The highest BCUT2D eigenvalue weighted by molar-refractivity contribution is 9.10. The fraction of sp³-hybridized carbons (Fsp3) is 0.286. The van der Waals surface area contributed by atoms with Crippen molar-refractivity contribution in [3.05, 3.63) is 40.3 Å². The molecule has 2 N–H and O–H groups in total. The Bertz CT molecular complexity index is 590. The number of aromatic amines is 1. The second-order valence-corrected chi connectivity index (χ2v) is 5.52. The molecule has 4 nitrogen and oxygen atoms in total. The Kier molecular flexibility index (Phi) is 4.04. The summed E-state index contributed by atoms with van der Waals surface area (Å²) in [5.41, 5.74) is 2.85. The van der Waals surface area contributed by atoms with E-state index in [-0.39, 0.29) is 0 Å². The quantitative estimate of drug-likeness (QED) is 0.906. The number of nitrogens with zero attached hydrogens (tertiary/aromatic N) is 1. The van der Waals surface area contributed by atoms with Crippen molar-refractivity contribution in [3.63, 3.8) is 0 Å². The molecule has 2 aromatic rings. The number of benzene rings is 1. The second kappa shape index (κ2) is 5.57. The number of carbonyl (C=O) groups is 1. The van der Waals surface area contributed by atoms with Gasteiger partial charge in [-0.3, -0.25) is 4.79 Å². The van der Waals surface area contributed by atoms with Crippen LogP contribution < -0.4 is 0 Å². The van der Waals surface area contributed by atoms with Crippen molar-refractivity contribution in [2.45, 2.75) is 20.3 Å². The van der Waals surface area contributed by atoms with Crippen molar-refractivity contribution in [1.29, 1.82) is 0 Å². The summed E-state index contributed by atoms with van der Waals surface area (Å²) in [6.07, 6.45) is 0.409. The van der Waals surface area contributed by atoms with E-state index in [0.717, 1.165) is 21.4 Å². The molecule has 0 saturated heterocycles. The number of rotatable bonds is 4. The summed E-state index contributed by atoms with van der Waals surface area (Å²) in [6.45, 7) is 3.62. The van der Waals surface area contributed by atoms with E-state index < -0.39 is 11.9 Å². The number of imidazole rings is 1. The molecule has 5 heteroatoms. The van der Waals surface area contributed by atoms with Crippen LogP contribution >= 0.6 is 15.9 Å². The maximum atomic E-state index is 10.9. The van der Waals surface area contributed by atoms with Gasteiger partial charge in [0.1, 0.15) is 5.82 Å². The smallest absolute Gasteiger partial charge is 0.306 e. The van der Waals surface area contributed by atoms with Crippen LogP contribution in [-0.2, 0) is 11.2 Å². The summed E-state index contributed by atoms with van der Waals surface area (Å²) in [4.78, 5) is 18.5. The average molecular weight is 323 g/mol. The molecule has 1 atom stereocenters. The highest BCUT2D eigenvalue weighted by Gasteiger charge is 2.15. The molecule has 0 amide bonds. The monoisotopic (exact) mass is 322 g/mol. The van der Waals surface area contributed by atoms with E-state index in [4.69, 9.17) is 5.11 Å². The van der Waals surface area contributed by atoms with Crippen molar-refractivity contribution in [2.75, 3.05) is 0 Å². The summed E-state index contributed by atoms with van der Waals surface area (Å²) in [5, 5.41) is 8.92. The van der Waals surface area contributed by atoms with Crippen LogP contribution in [0.5, 0.6) is 0 Å². The molecule has 1 unspecified atom stereocenters. The lowest BCUT2D eigenvalue weighted by atomic mass is 10.1. The zero-order chi connectivity index (χ0) is 14.0. The SMILES string of the molecule is Cc1[nH]c(CC(C)C(=O)O)nc1-c1ccc(Br)cc1. The third kappa shape index (κ3) is 3.23. The molecule has 0 aliphatic heterocycles. The first-order valence-corrected chi connectivity index (χ1v) is 6.81. The van der Waals surface area contributed by atoms with Gasteiger partial charge in [-0.2, -0.15) is 0 Å². The fourth-order valence-corrected chi connectivity index (χ4v) is 2.15. The molecule has 1 aromatic heterocycles. The van der Waals surface area contributed by atoms with E-state index in [1.165, 1.54) is 0 Å². The first-order chi connectivity index (χ1) is 8.97. The summed E-state index contributed by atoms with van der Waals surface area (Å²) in [5.74, 6) is -0.534. The zero-order valence-electron chi connectivity index (χ0n) is 10.8. The van der Waals surface area contributed by atoms with Gasteiger partial charge in [0.15, 0.2) is 0 Å². The van der Waals surface area contributed by atoms with Crippen LogP contribution in [-0.4, -0.2) is 21.0 Å². The van der Waals surface area contributed by atoms with Gasteiger partial charge in [0, 0.05) is 22.2 Å². The molecule has 100 valence electrons. The lowest BCUT2D eigenvalue weighted by Crippen LogP contribution is -2.13. The van der Waals surface area contributed by atoms with Gasteiger partial charge < -0.3 is 10.1 Å². The number of nitrogens with one attached hydrogen (secondary N) is 1. The number of aryl methyl sites for hydroxylation is 1. The van der Waals surface area contributed by atoms with Gasteiger partial charge in [0.25, 0.3) is 0 Å². The molecule has 2 rings (SSSR count). The Morgan fingerprint density at radius 3 is 2.63 bits per heavy atom. The number of halogens is 1. The number of carboxylic acid groups (broad SMARTS) is 1. The van der Waals surface area contributed by atoms with Crippen LogP contribution in [0.3, 0.4) is 0 Å². The summed E-state index contributed by atoms with van der Waals surface area (Å²) < 4.78 is 1.02. The maximum Gasteiger partial charge on any atom is 0.306 e. The Morgan fingerprint density at radius 2 is 2.05 bits per heavy atom. The van der Waals surface area contributed by atoms with Gasteiger partial charge in [0.05, 0.1) is 11.6 Å². The highest BCUT2D eigenvalue weighted by Crippen LogP contribution is 2.23. The number of hydrogen-bond donors (Lipinski definition) is 2. The van der Waals surface area contributed by atoms with E-state index >= 15 is 0 Å². The zero-order valence-corrected chi connectivity index (χ0v) is 12.4. The van der Waals surface area contributed by atoms with Gasteiger partial charge in [-0.25, -0.2) is 4.98 Å². The maximum absolute atomic E-state index is 10.9. The molecule has 0 saturated carbocycles. The predicted octanol–water partition coefficient (Wildman–Crippen LogP) is 3.41. The van der Waals surface area contributed by atoms with Gasteiger partial charge in [0.2, 0.25) is 0 Å². The van der Waals surface area contributed by atoms with Crippen LogP contribution in [0.25, 0.3) is 11.3 Å². The minimum absolute atomic E-state index is 0.409. The van der Waals surface area contributed by atoms with Crippen LogP contribution in [0.4, 0.5) is 0 Å². The standard InChI is InChI=1S/C14H15BrN2O2/c1-8(14(18)19)7-12-16-9(2)13(17-12)10-3-5-11(15)6-4-10/h3-6,8H,7H2,1-2H3,(H,16,17)(H,18,19). The highest BCUT2D eigenvalue weighted by atomic mass is 79.9. The molecule has 0 fully saturated rings. The molecule has 1 heterocycles. The lowest BCUT2D eigenvalue weighted by molar-refractivity contribution is -0.141. The van der Waals surface area contributed by atoms with E-state index in [2.05, 4.69) is 25.9 Å². The third-order valence-corrected chi connectivity index (χ3v) is 3.50. The molecular weight excluding hydrogens is 308 g/mol. The largest absolute Gasteiger partial charge is 0.481 e. The summed E-state index contributed by atoms with van der Waals surface area (Å²) in [6, 6.07) is 7.89. The number of carboxylic acids is 1. The molecule has 0 spiro atoms. The second-order valence-electron chi connectivity index (χ2n) is 4.61. The van der Waals surface area contributed by atoms with Crippen LogP contribution in [0.1, 0.15) is 18.4 Å². The van der Waals surface area contributed by atoms with Crippen LogP contribution in [0, 0.1) is 12.8 Å². The van der Waals surface area contributed by atoms with E-state index in [1.54, 1.807) is 6.92 Å². The Morgan fingerprint density at radius 1 is 1.42 bits per heavy atom. The molecule has 0 radical (unpaired) electrons. The average Bonchev–Trinajstić information content (AvgIpc) is 2.71. The van der Waals surface area contributed by atoms with Crippen LogP contribution in [0.15, 0.2) is 28.7 Å². The summed E-state index contributed by atoms with van der Waals surface area (Å²) >= 11 is 3.40. The van der Waals surface area contributed by atoms with Crippen molar-refractivity contribution < 1.29 is 9.90 Å². The van der Waals surface area contributed by atoms with E-state index in [1.807, 2.05) is 31.2 Å². The molecule has 0 aliphatic rings. The van der Waals surface area contributed by atoms with E-state index in [9.17, 15) is 4.79 Å².